The van der Waals surface area contributed by atoms with Gasteiger partial charge in [0.1, 0.15) is 5.75 Å². The summed E-state index contributed by atoms with van der Waals surface area (Å²) in [4.78, 5) is 0. The molecule has 2 nitrogen and oxygen atoms in total. The zero-order valence-corrected chi connectivity index (χ0v) is 14.2. The van der Waals surface area contributed by atoms with E-state index in [4.69, 9.17) is 39.5 Å². The molecule has 1 heterocycles. The number of nitrogens with zero attached hydrogens (tertiary/aromatic N) is 1. The molecule has 0 N–H and O–H groups in total. The van der Waals surface area contributed by atoms with E-state index in [0.29, 0.717) is 28.2 Å². The average molecular weight is 355 g/mol. The summed E-state index contributed by atoms with van der Waals surface area (Å²) in [6.45, 7) is 3.19. The van der Waals surface area contributed by atoms with E-state index in [1.165, 1.54) is 0 Å². The lowest BCUT2D eigenvalue weighted by Gasteiger charge is -2.11. The van der Waals surface area contributed by atoms with Crippen molar-refractivity contribution in [2.45, 2.75) is 13.5 Å². The van der Waals surface area contributed by atoms with Crippen molar-refractivity contribution in [3.05, 3.63) is 63.2 Å². The average Bonchev–Trinajstić information content (AvgIpc) is 2.90. The molecule has 0 bridgehead atoms. The quantitative estimate of drug-likeness (QED) is 0.520. The predicted molar refractivity (Wildman–Crippen MR) is 93.7 cm³/mol. The second-order valence-corrected chi connectivity index (χ2v) is 6.11. The lowest BCUT2D eigenvalue weighted by molar-refractivity contribution is 0.340. The number of halogens is 3. The summed E-state index contributed by atoms with van der Waals surface area (Å²) in [5, 5.41) is 2.74. The number of benzene rings is 2. The van der Waals surface area contributed by atoms with Gasteiger partial charge in [-0.15, -0.1) is 0 Å². The van der Waals surface area contributed by atoms with E-state index >= 15 is 0 Å². The molecule has 5 heteroatoms. The van der Waals surface area contributed by atoms with Crippen molar-refractivity contribution in [2.75, 3.05) is 6.61 Å². The Morgan fingerprint density at radius 1 is 1.00 bits per heavy atom. The highest BCUT2D eigenvalue weighted by atomic mass is 35.5. The lowest BCUT2D eigenvalue weighted by Crippen LogP contribution is -2.00. The predicted octanol–water partition coefficient (Wildman–Crippen LogP) is 6.05. The number of hydrogen-bond acceptors (Lipinski definition) is 1. The summed E-state index contributed by atoms with van der Waals surface area (Å²) in [7, 11) is 0. The molecule has 22 heavy (non-hydrogen) atoms. The van der Waals surface area contributed by atoms with Crippen LogP contribution in [0.4, 0.5) is 0 Å². The number of hydrogen-bond donors (Lipinski definition) is 0. The summed E-state index contributed by atoms with van der Waals surface area (Å²) in [6.07, 6.45) is 2.01. The number of ether oxygens (including phenoxy) is 1. The van der Waals surface area contributed by atoms with Gasteiger partial charge in [0.15, 0.2) is 0 Å². The third-order valence-electron chi connectivity index (χ3n) is 3.52. The Balaban J connectivity index is 2.00. The summed E-state index contributed by atoms with van der Waals surface area (Å²) in [6, 6.07) is 11.5. The van der Waals surface area contributed by atoms with Gasteiger partial charge in [-0.2, -0.15) is 0 Å². The zero-order chi connectivity index (χ0) is 15.7. The van der Waals surface area contributed by atoms with Crippen molar-refractivity contribution in [2.24, 2.45) is 0 Å². The second-order valence-electron chi connectivity index (χ2n) is 4.92. The Bertz CT molecular complexity index is 826. The summed E-state index contributed by atoms with van der Waals surface area (Å²) < 4.78 is 7.62. The highest BCUT2D eigenvalue weighted by Crippen LogP contribution is 2.33. The molecule has 3 aromatic rings. The Kier molecular flexibility index (Phi) is 4.53. The highest BCUT2D eigenvalue weighted by Gasteiger charge is 2.11. The van der Waals surface area contributed by atoms with E-state index in [9.17, 15) is 0 Å². The van der Waals surface area contributed by atoms with Crippen LogP contribution in [0.2, 0.25) is 15.1 Å². The van der Waals surface area contributed by atoms with Crippen LogP contribution in [0, 0.1) is 0 Å². The third-order valence-corrected chi connectivity index (χ3v) is 4.72. The number of rotatable bonds is 4. The van der Waals surface area contributed by atoms with Gasteiger partial charge in [0.2, 0.25) is 0 Å². The first-order valence-corrected chi connectivity index (χ1v) is 8.07. The summed E-state index contributed by atoms with van der Waals surface area (Å²) in [5.41, 5.74) is 1.91. The molecule has 1 aromatic heterocycles. The van der Waals surface area contributed by atoms with Crippen molar-refractivity contribution in [3.8, 4) is 5.75 Å². The van der Waals surface area contributed by atoms with E-state index in [1.807, 2.05) is 37.4 Å². The van der Waals surface area contributed by atoms with Crippen molar-refractivity contribution < 1.29 is 4.74 Å². The minimum atomic E-state index is 0.502. The molecule has 3 rings (SSSR count). The molecule has 0 aliphatic rings. The van der Waals surface area contributed by atoms with Crippen LogP contribution in [0.15, 0.2) is 42.6 Å². The van der Waals surface area contributed by atoms with Gasteiger partial charge in [-0.05, 0) is 43.3 Å². The van der Waals surface area contributed by atoms with E-state index < -0.39 is 0 Å². The standard InChI is InChI=1S/C17H14Cl3NO/c1-2-22-12-3-6-16-11(9-12)7-8-21(16)10-13-14(18)4-5-15(19)17(13)20/h3-9H,2,10H2,1H3. The van der Waals surface area contributed by atoms with E-state index in [2.05, 4.69) is 4.57 Å². The molecule has 0 aliphatic carbocycles. The fourth-order valence-electron chi connectivity index (χ4n) is 2.46. The van der Waals surface area contributed by atoms with Crippen LogP contribution in [0.3, 0.4) is 0 Å². The van der Waals surface area contributed by atoms with Crippen molar-refractivity contribution in [1.29, 1.82) is 0 Å². The highest BCUT2D eigenvalue weighted by molar-refractivity contribution is 6.44. The normalized spacial score (nSPS) is 11.1. The van der Waals surface area contributed by atoms with Crippen LogP contribution in [0.5, 0.6) is 5.75 Å². The minimum absolute atomic E-state index is 0.502. The second kappa shape index (κ2) is 6.41. The maximum Gasteiger partial charge on any atom is 0.120 e. The molecule has 0 atom stereocenters. The van der Waals surface area contributed by atoms with Gasteiger partial charge in [-0.25, -0.2) is 0 Å². The van der Waals surface area contributed by atoms with Crippen LogP contribution in [0.25, 0.3) is 10.9 Å². The topological polar surface area (TPSA) is 14.2 Å². The smallest absolute Gasteiger partial charge is 0.120 e. The van der Waals surface area contributed by atoms with Crippen LogP contribution in [-0.2, 0) is 6.54 Å². The lowest BCUT2D eigenvalue weighted by atomic mass is 10.2. The fraction of sp³-hybridized carbons (Fsp3) is 0.176. The summed E-state index contributed by atoms with van der Waals surface area (Å²) >= 11 is 18.6. The zero-order valence-electron chi connectivity index (χ0n) is 11.9. The maximum absolute atomic E-state index is 6.28. The van der Waals surface area contributed by atoms with Gasteiger partial charge in [0, 0.05) is 27.7 Å². The largest absolute Gasteiger partial charge is 0.494 e. The van der Waals surface area contributed by atoms with E-state index in [-0.39, 0.29) is 0 Å². The Morgan fingerprint density at radius 3 is 2.55 bits per heavy atom. The van der Waals surface area contributed by atoms with Crippen molar-refractivity contribution in [3.63, 3.8) is 0 Å². The molecule has 2 aromatic carbocycles. The van der Waals surface area contributed by atoms with E-state index in [1.54, 1.807) is 12.1 Å². The molecular weight excluding hydrogens is 341 g/mol. The first kappa shape index (κ1) is 15.5. The Labute approximate surface area is 144 Å². The third kappa shape index (κ3) is 2.91. The van der Waals surface area contributed by atoms with Gasteiger partial charge >= 0.3 is 0 Å². The van der Waals surface area contributed by atoms with E-state index in [0.717, 1.165) is 22.2 Å². The van der Waals surface area contributed by atoms with Gasteiger partial charge in [-0.3, -0.25) is 0 Å². The molecule has 0 saturated heterocycles. The molecule has 0 radical (unpaired) electrons. The van der Waals surface area contributed by atoms with Gasteiger partial charge in [0.25, 0.3) is 0 Å². The SMILES string of the molecule is CCOc1ccc2c(ccn2Cc2c(Cl)ccc(Cl)c2Cl)c1. The molecule has 0 saturated carbocycles. The minimum Gasteiger partial charge on any atom is -0.494 e. The first-order chi connectivity index (χ1) is 10.6. The molecule has 0 aliphatic heterocycles. The van der Waals surface area contributed by atoms with Gasteiger partial charge in [0.05, 0.1) is 23.2 Å². The van der Waals surface area contributed by atoms with Crippen LogP contribution in [-0.4, -0.2) is 11.2 Å². The van der Waals surface area contributed by atoms with Crippen LogP contribution in [0.1, 0.15) is 12.5 Å². The Hall–Kier alpha value is -1.35. The van der Waals surface area contributed by atoms with Crippen molar-refractivity contribution in [1.82, 2.24) is 4.57 Å². The van der Waals surface area contributed by atoms with Crippen LogP contribution < -0.4 is 4.74 Å². The van der Waals surface area contributed by atoms with Gasteiger partial charge < -0.3 is 9.30 Å². The fourth-order valence-corrected chi connectivity index (χ4v) is 3.12. The maximum atomic E-state index is 6.28. The molecule has 0 spiro atoms. The van der Waals surface area contributed by atoms with Crippen LogP contribution >= 0.6 is 34.8 Å². The first-order valence-electron chi connectivity index (χ1n) is 6.94. The molecule has 0 fully saturated rings. The molecule has 114 valence electrons. The monoisotopic (exact) mass is 353 g/mol. The molecule has 0 unspecified atom stereocenters. The number of fused-ring (bicyclic) bond motifs is 1. The molecule has 0 amide bonds. The van der Waals surface area contributed by atoms with Crippen molar-refractivity contribution >= 4 is 45.7 Å². The number of aromatic nitrogens is 1. The Morgan fingerprint density at radius 2 is 1.77 bits per heavy atom. The molecular formula is C17H14Cl3NO. The summed E-state index contributed by atoms with van der Waals surface area (Å²) in [5.74, 6) is 0.867. The van der Waals surface area contributed by atoms with Gasteiger partial charge in [-0.1, -0.05) is 34.8 Å².